The molecule has 1 fully saturated rings. The molecule has 0 radical (unpaired) electrons. The van der Waals surface area contributed by atoms with E-state index in [0.717, 1.165) is 38.3 Å². The number of piperazine rings is 1. The molecular weight excluding hydrogens is 340 g/mol. The van der Waals surface area contributed by atoms with E-state index in [-0.39, 0.29) is 5.91 Å². The molecule has 1 aliphatic heterocycles. The standard InChI is InChI=1S/C22H22N2OS/c25-22(11-10-19-7-3-6-18-5-1-2-9-21(18)19)24-14-12-23(13-15-24)17-20-8-4-16-26-20/h1-11,16H,12-15,17H2/b11-10+. The van der Waals surface area contributed by atoms with Gasteiger partial charge in [-0.25, -0.2) is 0 Å². The number of hydrogen-bond acceptors (Lipinski definition) is 3. The Kier molecular flexibility index (Phi) is 5.14. The SMILES string of the molecule is O=C(/C=C/c1cccc2ccccc12)N1CCN(Cc2cccs2)CC1. The van der Waals surface area contributed by atoms with E-state index in [1.807, 2.05) is 29.2 Å². The normalized spacial score (nSPS) is 15.8. The topological polar surface area (TPSA) is 23.6 Å². The number of rotatable bonds is 4. The highest BCUT2D eigenvalue weighted by Gasteiger charge is 2.19. The molecule has 1 aromatic heterocycles. The van der Waals surface area contributed by atoms with Crippen LogP contribution in [-0.2, 0) is 11.3 Å². The second-order valence-corrected chi connectivity index (χ2v) is 7.61. The minimum Gasteiger partial charge on any atom is -0.337 e. The van der Waals surface area contributed by atoms with Gasteiger partial charge < -0.3 is 4.90 Å². The minimum atomic E-state index is 0.105. The summed E-state index contributed by atoms with van der Waals surface area (Å²) in [5.74, 6) is 0.105. The van der Waals surface area contributed by atoms with E-state index in [1.165, 1.54) is 15.6 Å². The van der Waals surface area contributed by atoms with Crippen molar-refractivity contribution in [3.8, 4) is 0 Å². The fourth-order valence-electron chi connectivity index (χ4n) is 3.41. The molecule has 0 N–H and O–H groups in total. The van der Waals surface area contributed by atoms with Crippen molar-refractivity contribution in [1.29, 1.82) is 0 Å². The maximum atomic E-state index is 12.6. The van der Waals surface area contributed by atoms with Crippen LogP contribution in [0.5, 0.6) is 0 Å². The first-order valence-corrected chi connectivity index (χ1v) is 9.87. The number of carbonyl (C=O) groups is 1. The lowest BCUT2D eigenvalue weighted by Crippen LogP contribution is -2.47. The summed E-state index contributed by atoms with van der Waals surface area (Å²) in [6.07, 6.45) is 3.67. The summed E-state index contributed by atoms with van der Waals surface area (Å²) in [6, 6.07) is 18.7. The van der Waals surface area contributed by atoms with Crippen LogP contribution in [0.4, 0.5) is 0 Å². The second-order valence-electron chi connectivity index (χ2n) is 6.58. The highest BCUT2D eigenvalue weighted by atomic mass is 32.1. The molecule has 3 aromatic rings. The van der Waals surface area contributed by atoms with Crippen LogP contribution < -0.4 is 0 Å². The van der Waals surface area contributed by atoms with Crippen LogP contribution in [0, 0.1) is 0 Å². The zero-order valence-electron chi connectivity index (χ0n) is 14.7. The maximum Gasteiger partial charge on any atom is 0.246 e. The van der Waals surface area contributed by atoms with E-state index in [4.69, 9.17) is 0 Å². The van der Waals surface area contributed by atoms with Crippen molar-refractivity contribution in [2.45, 2.75) is 6.54 Å². The lowest BCUT2D eigenvalue weighted by molar-refractivity contribution is -0.127. The van der Waals surface area contributed by atoms with E-state index in [9.17, 15) is 4.79 Å². The van der Waals surface area contributed by atoms with Crippen molar-refractivity contribution in [2.75, 3.05) is 26.2 Å². The van der Waals surface area contributed by atoms with E-state index < -0.39 is 0 Å². The lowest BCUT2D eigenvalue weighted by atomic mass is 10.0. The highest BCUT2D eigenvalue weighted by molar-refractivity contribution is 7.09. The van der Waals surface area contributed by atoms with Gasteiger partial charge in [-0.2, -0.15) is 0 Å². The number of carbonyl (C=O) groups excluding carboxylic acids is 1. The van der Waals surface area contributed by atoms with Crippen LogP contribution in [0.3, 0.4) is 0 Å². The summed E-state index contributed by atoms with van der Waals surface area (Å²) < 4.78 is 0. The first-order valence-electron chi connectivity index (χ1n) is 8.99. The highest BCUT2D eigenvalue weighted by Crippen LogP contribution is 2.20. The molecule has 0 bridgehead atoms. The summed E-state index contributed by atoms with van der Waals surface area (Å²) in [4.78, 5) is 18.3. The molecule has 0 saturated carbocycles. The van der Waals surface area contributed by atoms with Gasteiger partial charge in [-0.15, -0.1) is 11.3 Å². The summed E-state index contributed by atoms with van der Waals surface area (Å²) >= 11 is 1.80. The smallest absolute Gasteiger partial charge is 0.246 e. The van der Waals surface area contributed by atoms with Crippen LogP contribution >= 0.6 is 11.3 Å². The number of amides is 1. The van der Waals surface area contributed by atoms with Gasteiger partial charge in [-0.3, -0.25) is 9.69 Å². The molecule has 2 aromatic carbocycles. The summed E-state index contributed by atoms with van der Waals surface area (Å²) in [5.41, 5.74) is 1.09. The fraction of sp³-hybridized carbons (Fsp3) is 0.227. The Hall–Kier alpha value is -2.43. The minimum absolute atomic E-state index is 0.105. The molecule has 0 aliphatic carbocycles. The molecule has 4 heteroatoms. The molecular formula is C22H22N2OS. The molecule has 0 spiro atoms. The predicted octanol–water partition coefficient (Wildman–Crippen LogP) is 4.26. The molecule has 2 heterocycles. The van der Waals surface area contributed by atoms with Crippen LogP contribution in [-0.4, -0.2) is 41.9 Å². The largest absolute Gasteiger partial charge is 0.337 e. The van der Waals surface area contributed by atoms with E-state index >= 15 is 0 Å². The van der Waals surface area contributed by atoms with Crippen molar-refractivity contribution in [2.24, 2.45) is 0 Å². The zero-order valence-corrected chi connectivity index (χ0v) is 15.5. The summed E-state index contributed by atoms with van der Waals surface area (Å²) in [5, 5.41) is 4.50. The molecule has 0 atom stereocenters. The molecule has 1 aliphatic rings. The Morgan fingerprint density at radius 1 is 0.962 bits per heavy atom. The van der Waals surface area contributed by atoms with Crippen molar-refractivity contribution in [1.82, 2.24) is 9.80 Å². The number of fused-ring (bicyclic) bond motifs is 1. The number of hydrogen-bond donors (Lipinski definition) is 0. The third-order valence-electron chi connectivity index (χ3n) is 4.87. The van der Waals surface area contributed by atoms with Crippen molar-refractivity contribution in [3.63, 3.8) is 0 Å². The Labute approximate surface area is 158 Å². The quantitative estimate of drug-likeness (QED) is 0.648. The van der Waals surface area contributed by atoms with Crippen molar-refractivity contribution in [3.05, 3.63) is 76.5 Å². The van der Waals surface area contributed by atoms with Crippen LogP contribution in [0.25, 0.3) is 16.8 Å². The van der Waals surface area contributed by atoms with Gasteiger partial charge in [0.15, 0.2) is 0 Å². The zero-order chi connectivity index (χ0) is 17.8. The maximum absolute atomic E-state index is 12.6. The van der Waals surface area contributed by atoms with Gasteiger partial charge in [0.2, 0.25) is 5.91 Å². The van der Waals surface area contributed by atoms with Crippen LogP contribution in [0.1, 0.15) is 10.4 Å². The Morgan fingerprint density at radius 2 is 1.77 bits per heavy atom. The number of benzene rings is 2. The second kappa shape index (κ2) is 7.85. The number of thiophene rings is 1. The Balaban J connectivity index is 1.37. The molecule has 4 rings (SSSR count). The average molecular weight is 362 g/mol. The van der Waals surface area contributed by atoms with E-state index in [1.54, 1.807) is 17.4 Å². The third kappa shape index (κ3) is 3.87. The molecule has 26 heavy (non-hydrogen) atoms. The van der Waals surface area contributed by atoms with Gasteiger partial charge in [0.25, 0.3) is 0 Å². The van der Waals surface area contributed by atoms with Crippen LogP contribution in [0.2, 0.25) is 0 Å². The predicted molar refractivity (Wildman–Crippen MR) is 109 cm³/mol. The summed E-state index contributed by atoms with van der Waals surface area (Å²) in [7, 11) is 0. The monoisotopic (exact) mass is 362 g/mol. The number of nitrogens with zero attached hydrogens (tertiary/aromatic N) is 2. The van der Waals surface area contributed by atoms with Gasteiger partial charge in [0, 0.05) is 43.7 Å². The first-order chi connectivity index (χ1) is 12.8. The third-order valence-corrected chi connectivity index (χ3v) is 5.73. The molecule has 1 amide bonds. The van der Waals surface area contributed by atoms with E-state index in [0.29, 0.717) is 0 Å². The van der Waals surface area contributed by atoms with Gasteiger partial charge in [-0.1, -0.05) is 48.5 Å². The van der Waals surface area contributed by atoms with Crippen LogP contribution in [0.15, 0.2) is 66.1 Å². The van der Waals surface area contributed by atoms with Crippen molar-refractivity contribution >= 4 is 34.1 Å². The van der Waals surface area contributed by atoms with Gasteiger partial charge in [0.1, 0.15) is 0 Å². The molecule has 3 nitrogen and oxygen atoms in total. The molecule has 0 unspecified atom stereocenters. The Bertz CT molecular complexity index is 904. The van der Waals surface area contributed by atoms with Crippen molar-refractivity contribution < 1.29 is 4.79 Å². The van der Waals surface area contributed by atoms with E-state index in [2.05, 4.69) is 46.7 Å². The molecule has 1 saturated heterocycles. The van der Waals surface area contributed by atoms with Gasteiger partial charge in [0.05, 0.1) is 0 Å². The fourth-order valence-corrected chi connectivity index (χ4v) is 4.16. The first kappa shape index (κ1) is 17.0. The van der Waals surface area contributed by atoms with Gasteiger partial charge >= 0.3 is 0 Å². The lowest BCUT2D eigenvalue weighted by Gasteiger charge is -2.34. The molecule has 132 valence electrons. The van der Waals surface area contributed by atoms with Gasteiger partial charge in [-0.05, 0) is 33.9 Å². The summed E-state index contributed by atoms with van der Waals surface area (Å²) in [6.45, 7) is 4.46. The Morgan fingerprint density at radius 3 is 2.58 bits per heavy atom. The average Bonchev–Trinajstić information content (AvgIpc) is 3.19.